The molecule has 0 aliphatic rings. The maximum absolute atomic E-state index is 5.82. The topological polar surface area (TPSA) is 64.9 Å². The number of nitrogens with zero attached hydrogens (tertiary/aromatic N) is 2. The van der Waals surface area contributed by atoms with E-state index in [1.54, 1.807) is 12.3 Å². The molecule has 0 saturated carbocycles. The van der Waals surface area contributed by atoms with Crippen LogP contribution in [0.15, 0.2) is 27.3 Å². The molecule has 0 fully saturated rings. The minimum atomic E-state index is 0.449. The lowest BCUT2D eigenvalue weighted by Crippen LogP contribution is -2.02. The summed E-state index contributed by atoms with van der Waals surface area (Å²) in [7, 11) is 0. The zero-order chi connectivity index (χ0) is 11.5. The molecule has 0 aromatic carbocycles. The summed E-state index contributed by atoms with van der Waals surface area (Å²) in [6.07, 6.45) is 3.46. The molecule has 2 N–H and O–H groups in total. The fraction of sp³-hybridized carbons (Fsp3) is 0.273. The Labute approximate surface area is 102 Å². The highest BCUT2D eigenvalue weighted by atomic mass is 79.9. The SMILES string of the molecule is CCCc1nc(-c2ccco2)nc(N)c1Br. The first kappa shape index (κ1) is 11.1. The van der Waals surface area contributed by atoms with Crippen LogP contribution >= 0.6 is 15.9 Å². The summed E-state index contributed by atoms with van der Waals surface area (Å²) in [4.78, 5) is 8.62. The molecule has 5 heteroatoms. The standard InChI is InChI=1S/C11H12BrN3O/c1-2-4-7-9(12)10(13)15-11(14-7)8-5-3-6-16-8/h3,5-6H,2,4H2,1H3,(H2,13,14,15). The van der Waals surface area contributed by atoms with Gasteiger partial charge in [0.2, 0.25) is 0 Å². The molecule has 0 spiro atoms. The Morgan fingerprint density at radius 2 is 2.25 bits per heavy atom. The third-order valence-electron chi connectivity index (χ3n) is 2.17. The zero-order valence-electron chi connectivity index (χ0n) is 8.90. The van der Waals surface area contributed by atoms with E-state index in [0.29, 0.717) is 17.4 Å². The monoisotopic (exact) mass is 281 g/mol. The number of furan rings is 1. The van der Waals surface area contributed by atoms with E-state index in [1.165, 1.54) is 0 Å². The summed E-state index contributed by atoms with van der Waals surface area (Å²) < 4.78 is 6.03. The minimum absolute atomic E-state index is 0.449. The molecule has 0 bridgehead atoms. The van der Waals surface area contributed by atoms with Gasteiger partial charge in [0.25, 0.3) is 0 Å². The number of halogens is 1. The van der Waals surface area contributed by atoms with Crippen molar-refractivity contribution in [1.29, 1.82) is 0 Å². The Balaban J connectivity index is 2.48. The molecule has 0 saturated heterocycles. The largest absolute Gasteiger partial charge is 0.461 e. The third-order valence-corrected chi connectivity index (χ3v) is 3.04. The van der Waals surface area contributed by atoms with E-state index in [1.807, 2.05) is 6.07 Å². The van der Waals surface area contributed by atoms with Gasteiger partial charge in [-0.05, 0) is 34.5 Å². The molecule has 2 aromatic rings. The van der Waals surface area contributed by atoms with Crippen molar-refractivity contribution in [3.05, 3.63) is 28.6 Å². The van der Waals surface area contributed by atoms with Crippen LogP contribution in [-0.4, -0.2) is 9.97 Å². The van der Waals surface area contributed by atoms with Crippen LogP contribution in [-0.2, 0) is 6.42 Å². The molecular weight excluding hydrogens is 270 g/mol. The van der Waals surface area contributed by atoms with E-state index in [4.69, 9.17) is 10.2 Å². The summed E-state index contributed by atoms with van der Waals surface area (Å²) in [6.45, 7) is 2.09. The minimum Gasteiger partial charge on any atom is -0.461 e. The highest BCUT2D eigenvalue weighted by Gasteiger charge is 2.12. The first-order chi connectivity index (χ1) is 7.72. The average Bonchev–Trinajstić information content (AvgIpc) is 2.78. The third kappa shape index (κ3) is 2.09. The van der Waals surface area contributed by atoms with E-state index in [2.05, 4.69) is 32.8 Å². The molecule has 2 heterocycles. The van der Waals surface area contributed by atoms with Gasteiger partial charge in [0, 0.05) is 0 Å². The van der Waals surface area contributed by atoms with Crippen LogP contribution < -0.4 is 5.73 Å². The molecule has 0 radical (unpaired) electrons. The van der Waals surface area contributed by atoms with Crippen LogP contribution in [0.4, 0.5) is 5.82 Å². The number of aromatic nitrogens is 2. The lowest BCUT2D eigenvalue weighted by Gasteiger charge is -2.06. The van der Waals surface area contributed by atoms with Crippen LogP contribution in [0.25, 0.3) is 11.6 Å². The van der Waals surface area contributed by atoms with Crippen molar-refractivity contribution in [1.82, 2.24) is 9.97 Å². The maximum Gasteiger partial charge on any atom is 0.197 e. The number of hydrogen-bond acceptors (Lipinski definition) is 4. The normalized spacial score (nSPS) is 10.6. The Kier molecular flexibility index (Phi) is 3.24. The Hall–Kier alpha value is -1.36. The number of hydrogen-bond donors (Lipinski definition) is 1. The second-order valence-electron chi connectivity index (χ2n) is 3.42. The van der Waals surface area contributed by atoms with Gasteiger partial charge in [-0.3, -0.25) is 0 Å². The number of nitrogens with two attached hydrogens (primary N) is 1. The molecule has 4 nitrogen and oxygen atoms in total. The van der Waals surface area contributed by atoms with Crippen molar-refractivity contribution in [3.8, 4) is 11.6 Å². The number of rotatable bonds is 3. The number of nitrogen functional groups attached to an aromatic ring is 1. The molecule has 2 aromatic heterocycles. The molecule has 16 heavy (non-hydrogen) atoms. The summed E-state index contributed by atoms with van der Waals surface area (Å²) in [5, 5.41) is 0. The predicted octanol–water partition coefficient (Wildman–Crippen LogP) is 3.03. The second kappa shape index (κ2) is 4.65. The van der Waals surface area contributed by atoms with E-state index in [9.17, 15) is 0 Å². The molecule has 0 aliphatic carbocycles. The molecule has 2 rings (SSSR count). The van der Waals surface area contributed by atoms with Gasteiger partial charge in [-0.25, -0.2) is 9.97 Å². The van der Waals surface area contributed by atoms with Crippen LogP contribution in [0.3, 0.4) is 0 Å². The quantitative estimate of drug-likeness (QED) is 0.939. The Morgan fingerprint density at radius 3 is 2.88 bits per heavy atom. The van der Waals surface area contributed by atoms with Gasteiger partial charge >= 0.3 is 0 Å². The fourth-order valence-corrected chi connectivity index (χ4v) is 1.81. The average molecular weight is 282 g/mol. The van der Waals surface area contributed by atoms with E-state index >= 15 is 0 Å². The van der Waals surface area contributed by atoms with Gasteiger partial charge < -0.3 is 10.2 Å². The maximum atomic E-state index is 5.82. The lowest BCUT2D eigenvalue weighted by molar-refractivity contribution is 0.576. The molecular formula is C11H12BrN3O. The van der Waals surface area contributed by atoms with Crippen molar-refractivity contribution in [2.75, 3.05) is 5.73 Å². The highest BCUT2D eigenvalue weighted by Crippen LogP contribution is 2.26. The molecule has 0 aliphatic heterocycles. The van der Waals surface area contributed by atoms with Crippen LogP contribution in [0.1, 0.15) is 19.0 Å². The first-order valence-electron chi connectivity index (χ1n) is 5.08. The van der Waals surface area contributed by atoms with Crippen LogP contribution in [0, 0.1) is 0 Å². The zero-order valence-corrected chi connectivity index (χ0v) is 10.5. The van der Waals surface area contributed by atoms with Crippen molar-refractivity contribution in [2.45, 2.75) is 19.8 Å². The number of aryl methyl sites for hydroxylation is 1. The number of anilines is 1. The summed E-state index contributed by atoms with van der Waals surface area (Å²) in [5.74, 6) is 1.62. The van der Waals surface area contributed by atoms with Gasteiger partial charge in [0.1, 0.15) is 5.82 Å². The summed E-state index contributed by atoms with van der Waals surface area (Å²) in [5.41, 5.74) is 6.74. The van der Waals surface area contributed by atoms with Gasteiger partial charge in [-0.15, -0.1) is 0 Å². The van der Waals surface area contributed by atoms with Gasteiger partial charge in [0.05, 0.1) is 16.4 Å². The molecule has 0 atom stereocenters. The van der Waals surface area contributed by atoms with E-state index in [0.717, 1.165) is 23.0 Å². The smallest absolute Gasteiger partial charge is 0.197 e. The highest BCUT2D eigenvalue weighted by molar-refractivity contribution is 9.10. The molecule has 84 valence electrons. The second-order valence-corrected chi connectivity index (χ2v) is 4.21. The van der Waals surface area contributed by atoms with Crippen molar-refractivity contribution in [2.24, 2.45) is 0 Å². The Bertz CT molecular complexity index is 482. The van der Waals surface area contributed by atoms with E-state index in [-0.39, 0.29) is 0 Å². The van der Waals surface area contributed by atoms with Crippen molar-refractivity contribution < 1.29 is 4.42 Å². The van der Waals surface area contributed by atoms with Crippen molar-refractivity contribution in [3.63, 3.8) is 0 Å². The van der Waals surface area contributed by atoms with E-state index < -0.39 is 0 Å². The van der Waals surface area contributed by atoms with Gasteiger partial charge in [-0.1, -0.05) is 13.3 Å². The van der Waals surface area contributed by atoms with Crippen LogP contribution in [0.5, 0.6) is 0 Å². The van der Waals surface area contributed by atoms with Gasteiger partial charge in [0.15, 0.2) is 11.6 Å². The summed E-state index contributed by atoms with van der Waals surface area (Å²) in [6, 6.07) is 3.62. The first-order valence-corrected chi connectivity index (χ1v) is 5.87. The molecule has 0 amide bonds. The molecule has 0 unspecified atom stereocenters. The predicted molar refractivity (Wildman–Crippen MR) is 65.8 cm³/mol. The fourth-order valence-electron chi connectivity index (χ4n) is 1.43. The van der Waals surface area contributed by atoms with Crippen molar-refractivity contribution >= 4 is 21.7 Å². The van der Waals surface area contributed by atoms with Crippen LogP contribution in [0.2, 0.25) is 0 Å². The van der Waals surface area contributed by atoms with Gasteiger partial charge in [-0.2, -0.15) is 0 Å². The lowest BCUT2D eigenvalue weighted by atomic mass is 10.2. The Morgan fingerprint density at radius 1 is 1.44 bits per heavy atom. The summed E-state index contributed by atoms with van der Waals surface area (Å²) >= 11 is 3.40.